The average molecular weight is 418 g/mol. The summed E-state index contributed by atoms with van der Waals surface area (Å²) in [5.74, 6) is 0.827. The molecular weight excluding hydrogens is 381 g/mol. The molecule has 0 saturated carbocycles. The fourth-order valence-electron chi connectivity index (χ4n) is 2.93. The molecule has 0 aliphatic carbocycles. The monoisotopic (exact) mass is 417 g/mol. The van der Waals surface area contributed by atoms with Gasteiger partial charge in [0.05, 0.1) is 26.2 Å². The highest BCUT2D eigenvalue weighted by Gasteiger charge is 2.25. The van der Waals surface area contributed by atoms with E-state index in [1.165, 1.54) is 88.4 Å². The molecule has 0 radical (unpaired) electrons. The number of halogens is 2. The van der Waals surface area contributed by atoms with Crippen molar-refractivity contribution in [1.82, 2.24) is 0 Å². The molecule has 0 rings (SSSR count). The van der Waals surface area contributed by atoms with E-state index in [4.69, 9.17) is 11.6 Å². The minimum absolute atomic E-state index is 0. The molecule has 0 fully saturated rings. The molecule has 0 bridgehead atoms. The Balaban J connectivity index is 0. The van der Waals surface area contributed by atoms with Gasteiger partial charge in [-0.05, 0) is 25.7 Å². The van der Waals surface area contributed by atoms with Crippen LogP contribution in [0.2, 0.25) is 0 Å². The summed E-state index contributed by atoms with van der Waals surface area (Å²) in [6.07, 6.45) is 12.1. The molecule has 0 aromatic rings. The van der Waals surface area contributed by atoms with Crippen LogP contribution in [0.1, 0.15) is 78.6 Å². The van der Waals surface area contributed by atoms with E-state index in [9.17, 15) is 0 Å². The number of hydrogen-bond donors (Lipinski definition) is 0. The highest BCUT2D eigenvalue weighted by atomic mass is 127. The van der Waals surface area contributed by atoms with Gasteiger partial charge >= 0.3 is 0 Å². The number of alkyl halides is 1. The first kappa shape index (κ1) is 23.2. The molecule has 3 heteroatoms. The molecule has 0 saturated heterocycles. The van der Waals surface area contributed by atoms with Crippen LogP contribution in [-0.2, 0) is 0 Å². The van der Waals surface area contributed by atoms with Crippen molar-refractivity contribution in [3.63, 3.8) is 0 Å². The first-order valence-electron chi connectivity index (χ1n) is 8.65. The Kier molecular flexibility index (Phi) is 19.0. The number of hydrogen-bond acceptors (Lipinski definition) is 0. The van der Waals surface area contributed by atoms with E-state index in [2.05, 4.69) is 20.8 Å². The summed E-state index contributed by atoms with van der Waals surface area (Å²) in [6, 6.07) is 0. The normalized spacial score (nSPS) is 11.4. The van der Waals surface area contributed by atoms with Crippen LogP contribution in [0.25, 0.3) is 0 Å². The van der Waals surface area contributed by atoms with E-state index in [1.807, 2.05) is 0 Å². The summed E-state index contributed by atoms with van der Waals surface area (Å²) >= 11 is 5.95. The fraction of sp³-hybridized carbons (Fsp3) is 1.00. The van der Waals surface area contributed by atoms with Crippen molar-refractivity contribution >= 4 is 11.6 Å². The van der Waals surface area contributed by atoms with Gasteiger partial charge in [-0.15, -0.1) is 11.6 Å². The Labute approximate surface area is 150 Å². The molecule has 0 spiro atoms. The van der Waals surface area contributed by atoms with Gasteiger partial charge < -0.3 is 28.5 Å². The van der Waals surface area contributed by atoms with Crippen molar-refractivity contribution in [1.29, 1.82) is 0 Å². The first-order valence-corrected chi connectivity index (χ1v) is 9.19. The van der Waals surface area contributed by atoms with Gasteiger partial charge in [-0.2, -0.15) is 0 Å². The lowest BCUT2D eigenvalue weighted by atomic mass is 10.1. The predicted molar refractivity (Wildman–Crippen MR) is 89.0 cm³/mol. The van der Waals surface area contributed by atoms with Gasteiger partial charge in [0.25, 0.3) is 0 Å². The summed E-state index contributed by atoms with van der Waals surface area (Å²) < 4.78 is 1.35. The average Bonchev–Trinajstić information content (AvgIpc) is 2.44. The molecule has 0 aliphatic heterocycles. The molecule has 124 valence electrons. The number of nitrogens with zero attached hydrogens (tertiary/aromatic N) is 1. The van der Waals surface area contributed by atoms with E-state index >= 15 is 0 Å². The number of unbranched alkanes of at least 4 members (excludes halogenated alkanes) is 5. The summed E-state index contributed by atoms with van der Waals surface area (Å²) in [5.41, 5.74) is 0. The minimum Gasteiger partial charge on any atom is -1.00 e. The third-order valence-electron chi connectivity index (χ3n) is 4.22. The highest BCUT2D eigenvalue weighted by Crippen LogP contribution is 2.17. The van der Waals surface area contributed by atoms with Crippen LogP contribution in [0.4, 0.5) is 0 Å². The third kappa shape index (κ3) is 11.6. The topological polar surface area (TPSA) is 0 Å². The molecule has 0 atom stereocenters. The molecular formula is C17H37ClIN. The lowest BCUT2D eigenvalue weighted by Crippen LogP contribution is -3.00. The second-order valence-electron chi connectivity index (χ2n) is 6.05. The summed E-state index contributed by atoms with van der Waals surface area (Å²) in [6.45, 7) is 12.4. The lowest BCUT2D eigenvalue weighted by molar-refractivity contribution is -0.928. The van der Waals surface area contributed by atoms with E-state index in [0.717, 1.165) is 5.88 Å². The van der Waals surface area contributed by atoms with Gasteiger partial charge in [-0.3, -0.25) is 0 Å². The van der Waals surface area contributed by atoms with Crippen molar-refractivity contribution in [2.75, 3.05) is 32.1 Å². The zero-order valence-corrected chi connectivity index (χ0v) is 17.0. The zero-order chi connectivity index (χ0) is 14.4. The quantitative estimate of drug-likeness (QED) is 0.176. The highest BCUT2D eigenvalue weighted by molar-refractivity contribution is 6.17. The standard InChI is InChI=1S/C17H37ClN.HI/c1-4-7-10-11-16-19(14-8-5-2,15-9-6-3)17-12-13-18;/h4-17H2,1-3H3;1H/q+1;/p-1. The van der Waals surface area contributed by atoms with Crippen molar-refractivity contribution in [3.8, 4) is 0 Å². The van der Waals surface area contributed by atoms with E-state index in [0.29, 0.717) is 0 Å². The van der Waals surface area contributed by atoms with Crippen LogP contribution >= 0.6 is 11.6 Å². The lowest BCUT2D eigenvalue weighted by Gasteiger charge is -2.39. The van der Waals surface area contributed by atoms with Crippen molar-refractivity contribution < 1.29 is 28.5 Å². The first-order chi connectivity index (χ1) is 9.24. The Morgan fingerprint density at radius 3 is 1.50 bits per heavy atom. The molecule has 0 unspecified atom stereocenters. The molecule has 0 aliphatic rings. The molecule has 0 heterocycles. The van der Waals surface area contributed by atoms with Crippen LogP contribution in [0.15, 0.2) is 0 Å². The Morgan fingerprint density at radius 1 is 0.600 bits per heavy atom. The largest absolute Gasteiger partial charge is 1.00 e. The van der Waals surface area contributed by atoms with Crippen LogP contribution in [0, 0.1) is 0 Å². The van der Waals surface area contributed by atoms with Crippen LogP contribution < -0.4 is 24.0 Å². The van der Waals surface area contributed by atoms with Gasteiger partial charge in [-0.1, -0.05) is 46.5 Å². The van der Waals surface area contributed by atoms with Gasteiger partial charge in [0.1, 0.15) is 0 Å². The van der Waals surface area contributed by atoms with Crippen LogP contribution in [0.5, 0.6) is 0 Å². The Hall–Kier alpha value is 0.980. The van der Waals surface area contributed by atoms with Gasteiger partial charge in [-0.25, -0.2) is 0 Å². The Morgan fingerprint density at radius 2 is 1.05 bits per heavy atom. The number of quaternary nitrogens is 1. The maximum atomic E-state index is 5.95. The number of rotatable bonds is 14. The minimum atomic E-state index is 0. The smallest absolute Gasteiger partial charge is 0.0798 e. The maximum absolute atomic E-state index is 5.95. The summed E-state index contributed by atoms with van der Waals surface area (Å²) in [4.78, 5) is 0. The SMILES string of the molecule is CCCCCC[N+](CCCC)(CCCC)CCCCl.[I-]. The van der Waals surface area contributed by atoms with E-state index in [-0.39, 0.29) is 24.0 Å². The zero-order valence-electron chi connectivity index (χ0n) is 14.1. The summed E-state index contributed by atoms with van der Waals surface area (Å²) in [5, 5.41) is 0. The van der Waals surface area contributed by atoms with E-state index < -0.39 is 0 Å². The second kappa shape index (κ2) is 16.4. The molecule has 1 nitrogen and oxygen atoms in total. The fourth-order valence-corrected chi connectivity index (χ4v) is 3.05. The van der Waals surface area contributed by atoms with Crippen molar-refractivity contribution in [2.24, 2.45) is 0 Å². The van der Waals surface area contributed by atoms with E-state index in [1.54, 1.807) is 0 Å². The molecule has 0 aromatic heterocycles. The summed E-state index contributed by atoms with van der Waals surface area (Å²) in [7, 11) is 0. The van der Waals surface area contributed by atoms with Gasteiger partial charge in [0.15, 0.2) is 0 Å². The van der Waals surface area contributed by atoms with Crippen molar-refractivity contribution in [3.05, 3.63) is 0 Å². The van der Waals surface area contributed by atoms with Gasteiger partial charge in [0.2, 0.25) is 0 Å². The third-order valence-corrected chi connectivity index (χ3v) is 4.49. The van der Waals surface area contributed by atoms with Crippen molar-refractivity contribution in [2.45, 2.75) is 78.6 Å². The Bertz CT molecular complexity index is 166. The molecule has 0 N–H and O–H groups in total. The second-order valence-corrected chi connectivity index (χ2v) is 6.42. The molecule has 0 aromatic carbocycles. The van der Waals surface area contributed by atoms with Crippen LogP contribution in [-0.4, -0.2) is 36.5 Å². The molecule has 20 heavy (non-hydrogen) atoms. The maximum Gasteiger partial charge on any atom is 0.0798 e. The predicted octanol–water partition coefficient (Wildman–Crippen LogP) is 2.62. The van der Waals surface area contributed by atoms with Crippen LogP contribution in [0.3, 0.4) is 0 Å². The van der Waals surface area contributed by atoms with Gasteiger partial charge in [0, 0.05) is 12.3 Å². The molecule has 0 amide bonds.